The van der Waals surface area contributed by atoms with Gasteiger partial charge >= 0.3 is 0 Å². The third-order valence-corrected chi connectivity index (χ3v) is 6.88. The average molecular weight is 399 g/mol. The number of aryl methyl sites for hydroxylation is 2. The van der Waals surface area contributed by atoms with E-state index < -0.39 is 12.0 Å². The fourth-order valence-corrected chi connectivity index (χ4v) is 5.68. The highest BCUT2D eigenvalue weighted by Crippen LogP contribution is 2.55. The molecule has 2 bridgehead atoms. The van der Waals surface area contributed by atoms with Crippen molar-refractivity contribution in [2.24, 2.45) is 11.8 Å². The number of carbonyl (C=O) groups excluding carboxylic acids is 1. The van der Waals surface area contributed by atoms with Gasteiger partial charge in [0.1, 0.15) is 17.3 Å². The van der Waals surface area contributed by atoms with E-state index in [-0.39, 0.29) is 29.8 Å². The van der Waals surface area contributed by atoms with Crippen molar-refractivity contribution in [3.05, 3.63) is 58.1 Å². The third-order valence-electron chi connectivity index (χ3n) is 6.63. The summed E-state index contributed by atoms with van der Waals surface area (Å²) in [5.41, 5.74) is 2.87. The summed E-state index contributed by atoms with van der Waals surface area (Å²) in [7, 11) is 0. The van der Waals surface area contributed by atoms with E-state index in [4.69, 9.17) is 21.1 Å². The first kappa shape index (κ1) is 18.2. The molecule has 28 heavy (non-hydrogen) atoms. The number of Topliss-reactive ketones (excluding diaryl/α,β-unsaturated/α-hetero) is 1. The number of benzene rings is 2. The molecule has 4 nitrogen and oxygen atoms in total. The molecule has 6 unspecified atom stereocenters. The molecule has 2 heterocycles. The Hall–Kier alpha value is -1.88. The van der Waals surface area contributed by atoms with Crippen molar-refractivity contribution in [2.45, 2.75) is 50.9 Å². The number of aliphatic hydroxyl groups is 1. The molecule has 146 valence electrons. The summed E-state index contributed by atoms with van der Waals surface area (Å²) in [5, 5.41) is 11.7. The molecule has 2 aliphatic heterocycles. The zero-order valence-electron chi connectivity index (χ0n) is 15.9. The Morgan fingerprint density at radius 3 is 2.32 bits per heavy atom. The van der Waals surface area contributed by atoms with Crippen molar-refractivity contribution < 1.29 is 19.4 Å². The lowest BCUT2D eigenvalue weighted by Crippen LogP contribution is -2.31. The van der Waals surface area contributed by atoms with Gasteiger partial charge in [-0.15, -0.1) is 0 Å². The zero-order valence-corrected chi connectivity index (χ0v) is 16.6. The summed E-state index contributed by atoms with van der Waals surface area (Å²) in [4.78, 5) is 13.2. The van der Waals surface area contributed by atoms with E-state index in [9.17, 15) is 9.90 Å². The Labute approximate surface area is 169 Å². The van der Waals surface area contributed by atoms with Gasteiger partial charge in [0.05, 0.1) is 30.1 Å². The van der Waals surface area contributed by atoms with Crippen LogP contribution in [0.1, 0.15) is 35.4 Å². The number of halogens is 1. The molecule has 1 saturated carbocycles. The van der Waals surface area contributed by atoms with Crippen LogP contribution < -0.4 is 4.74 Å². The van der Waals surface area contributed by atoms with Gasteiger partial charge in [-0.2, -0.15) is 0 Å². The maximum atomic E-state index is 13.2. The number of rotatable bonds is 3. The maximum Gasteiger partial charge on any atom is 0.149 e. The number of aliphatic hydroxyl groups excluding tert-OH is 1. The van der Waals surface area contributed by atoms with E-state index in [1.54, 1.807) is 12.1 Å². The van der Waals surface area contributed by atoms with E-state index in [2.05, 4.69) is 0 Å². The standard InChI is InChI=1S/C23H23ClO4/c1-11-9-15(27-14-5-3-13(24)4-6-14)10-12(2)18(11)21-22(25)19-16-7-8-17(28-16)20(19)23(21)26/h3-6,9-10,16-17,19-22,25H,7-8H2,1-2H3. The molecule has 5 rings (SSSR count). The van der Waals surface area contributed by atoms with Crippen LogP contribution >= 0.6 is 11.6 Å². The zero-order chi connectivity index (χ0) is 19.6. The smallest absolute Gasteiger partial charge is 0.149 e. The average Bonchev–Trinajstić information content (AvgIpc) is 3.33. The lowest BCUT2D eigenvalue weighted by molar-refractivity contribution is -0.124. The molecular weight excluding hydrogens is 376 g/mol. The van der Waals surface area contributed by atoms with Gasteiger partial charge in [0.2, 0.25) is 0 Å². The molecule has 0 amide bonds. The summed E-state index contributed by atoms with van der Waals surface area (Å²) in [6.45, 7) is 3.96. The second-order valence-corrected chi connectivity index (χ2v) is 8.73. The van der Waals surface area contributed by atoms with Gasteiger partial charge in [-0.1, -0.05) is 11.6 Å². The van der Waals surface area contributed by atoms with Crippen molar-refractivity contribution in [3.8, 4) is 11.5 Å². The second kappa shape index (κ2) is 6.58. The highest BCUT2D eigenvalue weighted by molar-refractivity contribution is 6.30. The normalized spacial score (nSPS) is 33.4. The van der Waals surface area contributed by atoms with Crippen molar-refractivity contribution in [1.29, 1.82) is 0 Å². The van der Waals surface area contributed by atoms with Crippen LogP contribution in [-0.4, -0.2) is 29.2 Å². The van der Waals surface area contributed by atoms with Crippen LogP contribution in [0.25, 0.3) is 0 Å². The van der Waals surface area contributed by atoms with Gasteiger partial charge in [0, 0.05) is 10.9 Å². The molecule has 0 aromatic heterocycles. The monoisotopic (exact) mass is 398 g/mol. The van der Waals surface area contributed by atoms with E-state index in [0.29, 0.717) is 16.5 Å². The Morgan fingerprint density at radius 2 is 1.68 bits per heavy atom. The molecule has 3 aliphatic rings. The Bertz CT molecular complexity index is 915. The predicted octanol–water partition coefficient (Wildman–Crippen LogP) is 4.57. The summed E-state index contributed by atoms with van der Waals surface area (Å²) >= 11 is 5.93. The van der Waals surface area contributed by atoms with Crippen molar-refractivity contribution in [3.63, 3.8) is 0 Å². The first-order valence-corrected chi connectivity index (χ1v) is 10.2. The number of ketones is 1. The highest BCUT2D eigenvalue weighted by atomic mass is 35.5. The first-order chi connectivity index (χ1) is 13.4. The van der Waals surface area contributed by atoms with Gasteiger partial charge in [0.15, 0.2) is 0 Å². The fourth-order valence-electron chi connectivity index (χ4n) is 5.55. The van der Waals surface area contributed by atoms with Crippen molar-refractivity contribution in [1.82, 2.24) is 0 Å². The lowest BCUT2D eigenvalue weighted by atomic mass is 9.81. The molecule has 1 aliphatic carbocycles. The molecule has 2 aromatic carbocycles. The van der Waals surface area contributed by atoms with Crippen LogP contribution in [0.15, 0.2) is 36.4 Å². The maximum absolute atomic E-state index is 13.2. The van der Waals surface area contributed by atoms with Crippen LogP contribution in [0.3, 0.4) is 0 Å². The largest absolute Gasteiger partial charge is 0.457 e. The topological polar surface area (TPSA) is 55.8 Å². The quantitative estimate of drug-likeness (QED) is 0.822. The molecule has 6 atom stereocenters. The van der Waals surface area contributed by atoms with Crippen LogP contribution in [0.5, 0.6) is 11.5 Å². The summed E-state index contributed by atoms with van der Waals surface area (Å²) < 4.78 is 11.9. The Balaban J connectivity index is 1.46. The summed E-state index contributed by atoms with van der Waals surface area (Å²) in [5.74, 6) is 0.886. The van der Waals surface area contributed by atoms with Crippen LogP contribution in [0.4, 0.5) is 0 Å². The molecular formula is C23H23ClO4. The molecule has 0 radical (unpaired) electrons. The fraction of sp³-hybridized carbons (Fsp3) is 0.435. The van der Waals surface area contributed by atoms with Gasteiger partial charge in [0.25, 0.3) is 0 Å². The molecule has 2 saturated heterocycles. The highest BCUT2D eigenvalue weighted by Gasteiger charge is 2.62. The summed E-state index contributed by atoms with van der Waals surface area (Å²) in [6.07, 6.45) is 1.24. The Kier molecular flexibility index (Phi) is 4.27. The minimum atomic E-state index is -0.673. The van der Waals surface area contributed by atoms with E-state index in [1.807, 2.05) is 38.1 Å². The van der Waals surface area contributed by atoms with Crippen LogP contribution in [0.2, 0.25) is 5.02 Å². The second-order valence-electron chi connectivity index (χ2n) is 8.29. The lowest BCUT2D eigenvalue weighted by Gasteiger charge is -2.24. The minimum Gasteiger partial charge on any atom is -0.457 e. The molecule has 5 heteroatoms. The summed E-state index contributed by atoms with van der Waals surface area (Å²) in [6, 6.07) is 11.1. The van der Waals surface area contributed by atoms with Gasteiger partial charge in [-0.3, -0.25) is 4.79 Å². The van der Waals surface area contributed by atoms with E-state index >= 15 is 0 Å². The molecule has 2 aromatic rings. The number of fused-ring (bicyclic) bond motifs is 5. The first-order valence-electron chi connectivity index (χ1n) is 9.86. The van der Waals surface area contributed by atoms with E-state index in [0.717, 1.165) is 29.5 Å². The number of hydrogen-bond acceptors (Lipinski definition) is 4. The van der Waals surface area contributed by atoms with Gasteiger partial charge < -0.3 is 14.6 Å². The van der Waals surface area contributed by atoms with Gasteiger partial charge in [-0.05, 0) is 79.8 Å². The molecule has 1 N–H and O–H groups in total. The number of hydrogen-bond donors (Lipinski definition) is 1. The van der Waals surface area contributed by atoms with Crippen LogP contribution in [0, 0.1) is 25.7 Å². The van der Waals surface area contributed by atoms with E-state index in [1.165, 1.54) is 0 Å². The Morgan fingerprint density at radius 1 is 1.04 bits per heavy atom. The number of ether oxygens (including phenoxy) is 2. The number of carbonyl (C=O) groups is 1. The van der Waals surface area contributed by atoms with Gasteiger partial charge in [-0.25, -0.2) is 0 Å². The molecule has 3 fully saturated rings. The third kappa shape index (κ3) is 2.70. The SMILES string of the molecule is Cc1cc(Oc2ccc(Cl)cc2)cc(C)c1C1C(=O)C2C3CCC(O3)C2C1O. The predicted molar refractivity (Wildman–Crippen MR) is 106 cm³/mol. The van der Waals surface area contributed by atoms with Crippen LogP contribution in [-0.2, 0) is 9.53 Å². The minimum absolute atomic E-state index is 0.00438. The van der Waals surface area contributed by atoms with Crippen molar-refractivity contribution >= 4 is 17.4 Å². The van der Waals surface area contributed by atoms with Crippen molar-refractivity contribution in [2.75, 3.05) is 0 Å². The molecule has 0 spiro atoms.